The third kappa shape index (κ3) is 4.73. The molecule has 0 saturated heterocycles. The van der Waals surface area contributed by atoms with E-state index in [1.54, 1.807) is 35.5 Å². The minimum atomic E-state index is -0.619. The molecule has 2 heterocycles. The molecule has 31 heavy (non-hydrogen) atoms. The van der Waals surface area contributed by atoms with Gasteiger partial charge >= 0.3 is 0 Å². The molecule has 0 aliphatic heterocycles. The summed E-state index contributed by atoms with van der Waals surface area (Å²) in [7, 11) is 14.7. The standard InChI is InChI=1S/C17H25B7FN5O/c1-9-5-11(28-14-27-8-30(29-14)10-3-2-4-26-7-10)13(25)12(6-9)31-15(18,16(19,20)21)17(22,23)24/h2-8H,18-24H2,1H3,(H,28,29). The molecule has 152 valence electrons. The number of pyridine rings is 1. The van der Waals surface area contributed by atoms with Crippen molar-refractivity contribution < 1.29 is 9.13 Å². The second-order valence-corrected chi connectivity index (χ2v) is 10.1. The van der Waals surface area contributed by atoms with Crippen molar-refractivity contribution in [3.05, 3.63) is 54.4 Å². The number of rotatable bonds is 7. The predicted molar refractivity (Wildman–Crippen MR) is 142 cm³/mol. The lowest BCUT2D eigenvalue weighted by Crippen LogP contribution is -2.59. The molecule has 1 aromatic carbocycles. The highest BCUT2D eigenvalue weighted by Gasteiger charge is 2.48. The van der Waals surface area contributed by atoms with Gasteiger partial charge in [0, 0.05) is 11.7 Å². The first-order chi connectivity index (χ1) is 14.3. The number of benzene rings is 1. The summed E-state index contributed by atoms with van der Waals surface area (Å²) in [5.41, 5.74) is 1.29. The van der Waals surface area contributed by atoms with Crippen LogP contribution in [0, 0.1) is 12.7 Å². The number of aromatic nitrogens is 4. The Bertz CT molecular complexity index is 1050. The molecule has 0 aliphatic carbocycles. The molecule has 0 aliphatic rings. The van der Waals surface area contributed by atoms with E-state index in [2.05, 4.69) is 67.5 Å². The highest BCUT2D eigenvalue weighted by Crippen LogP contribution is 2.44. The second-order valence-electron chi connectivity index (χ2n) is 10.1. The molecule has 0 radical (unpaired) electrons. The van der Waals surface area contributed by atoms with Crippen molar-refractivity contribution >= 4 is 66.6 Å². The lowest BCUT2D eigenvalue weighted by molar-refractivity contribution is 0.151. The van der Waals surface area contributed by atoms with E-state index in [0.717, 1.165) is 11.3 Å². The van der Waals surface area contributed by atoms with E-state index in [1.165, 1.54) is 0 Å². The summed E-state index contributed by atoms with van der Waals surface area (Å²) in [6.07, 6.45) is 4.92. The van der Waals surface area contributed by atoms with Gasteiger partial charge in [-0.3, -0.25) is 4.98 Å². The number of aryl methyl sites for hydroxylation is 1. The van der Waals surface area contributed by atoms with Crippen LogP contribution in [-0.2, 0) is 0 Å². The van der Waals surface area contributed by atoms with Gasteiger partial charge in [-0.15, -0.1) is 5.10 Å². The monoisotopic (exact) mass is 411 g/mol. The number of halogens is 1. The van der Waals surface area contributed by atoms with E-state index in [9.17, 15) is 0 Å². The molecule has 2 aromatic heterocycles. The number of ether oxygens (including phenoxy) is 1. The van der Waals surface area contributed by atoms with Gasteiger partial charge in [-0.25, -0.2) is 9.07 Å². The average molecular weight is 410 g/mol. The Labute approximate surface area is 189 Å². The topological polar surface area (TPSA) is 64.9 Å². The number of nitrogens with zero attached hydrogens (tertiary/aromatic N) is 4. The van der Waals surface area contributed by atoms with Crippen LogP contribution in [0.15, 0.2) is 43.0 Å². The second kappa shape index (κ2) is 8.21. The Morgan fingerprint density at radius 2 is 1.74 bits per heavy atom. The van der Waals surface area contributed by atoms with Crippen LogP contribution in [0.4, 0.5) is 16.0 Å². The molecule has 0 amide bonds. The molecular formula is C17H25B7FN5O. The molecule has 0 fully saturated rings. The Morgan fingerprint density at radius 3 is 2.32 bits per heavy atom. The molecule has 1 N–H and O–H groups in total. The van der Waals surface area contributed by atoms with E-state index in [0.29, 0.717) is 0 Å². The summed E-state index contributed by atoms with van der Waals surface area (Å²) in [5.74, 6) is 0.0262. The number of nitrogens with one attached hydrogen (secondary N) is 1. The van der Waals surface area contributed by atoms with Crippen LogP contribution >= 0.6 is 0 Å². The van der Waals surface area contributed by atoms with Crippen LogP contribution in [0.3, 0.4) is 0 Å². The van der Waals surface area contributed by atoms with Crippen LogP contribution in [0.1, 0.15) is 5.56 Å². The van der Waals surface area contributed by atoms with E-state index < -0.39 is 11.3 Å². The van der Waals surface area contributed by atoms with Crippen LogP contribution in [0.25, 0.3) is 5.69 Å². The van der Waals surface area contributed by atoms with Gasteiger partial charge in [0.05, 0.1) is 64.6 Å². The fraction of sp³-hybridized carbons (Fsp3) is 0.235. The zero-order valence-electron chi connectivity index (χ0n) is 19.6. The molecule has 0 unspecified atom stereocenters. The van der Waals surface area contributed by atoms with Gasteiger partial charge in [0.1, 0.15) is 6.33 Å². The summed E-state index contributed by atoms with van der Waals surface area (Å²) < 4.78 is 23.5. The SMILES string of the molecule is BC(B)(B)C(B)(Oc1cc(C)cc(Nc2ncn(-c3cccnc3)n2)c1F)C(B)(B)B. The van der Waals surface area contributed by atoms with Crippen LogP contribution in [0.5, 0.6) is 5.75 Å². The maximum atomic E-state index is 15.5. The lowest BCUT2D eigenvalue weighted by atomic mass is 9.19. The fourth-order valence-electron chi connectivity index (χ4n) is 3.61. The van der Waals surface area contributed by atoms with Gasteiger partial charge in [0.25, 0.3) is 0 Å². The molecule has 0 bridgehead atoms. The summed E-state index contributed by atoms with van der Waals surface area (Å²) in [5, 5.41) is 6.92. The van der Waals surface area contributed by atoms with Crippen molar-refractivity contribution in [2.45, 2.75) is 22.7 Å². The number of hydrogen-bond donors (Lipinski definition) is 1. The van der Waals surface area contributed by atoms with Gasteiger partial charge < -0.3 is 10.1 Å². The van der Waals surface area contributed by atoms with Gasteiger partial charge in [0.2, 0.25) is 5.95 Å². The van der Waals surface area contributed by atoms with Crippen LogP contribution < -0.4 is 10.1 Å². The molecular weight excluding hydrogens is 385 g/mol. The average Bonchev–Trinajstić information content (AvgIpc) is 3.13. The molecule has 0 saturated carbocycles. The predicted octanol–water partition coefficient (Wildman–Crippen LogP) is -3.49. The van der Waals surface area contributed by atoms with E-state index in [-0.39, 0.29) is 27.6 Å². The number of hydrogen-bond acceptors (Lipinski definition) is 5. The largest absolute Gasteiger partial charge is 0.497 e. The van der Waals surface area contributed by atoms with Crippen LogP contribution in [-0.4, -0.2) is 80.2 Å². The Kier molecular flexibility index (Phi) is 6.13. The molecule has 0 atom stereocenters. The van der Waals surface area contributed by atoms with E-state index in [1.807, 2.05) is 26.9 Å². The Hall–Kier alpha value is -2.51. The van der Waals surface area contributed by atoms with Crippen LogP contribution in [0.2, 0.25) is 10.2 Å². The third-order valence-electron chi connectivity index (χ3n) is 6.01. The van der Waals surface area contributed by atoms with Crippen molar-refractivity contribution in [1.82, 2.24) is 19.7 Å². The first kappa shape index (κ1) is 23.2. The highest BCUT2D eigenvalue weighted by molar-refractivity contribution is 6.69. The Balaban J connectivity index is 1.94. The van der Waals surface area contributed by atoms with Gasteiger partial charge in [-0.2, -0.15) is 4.98 Å². The summed E-state index contributed by atoms with van der Waals surface area (Å²) >= 11 is 0. The summed E-state index contributed by atoms with van der Waals surface area (Å²) in [6, 6.07) is 7.14. The zero-order valence-corrected chi connectivity index (χ0v) is 19.6. The molecule has 14 heteroatoms. The van der Waals surface area contributed by atoms with E-state index >= 15 is 4.39 Å². The highest BCUT2D eigenvalue weighted by atomic mass is 19.1. The Morgan fingerprint density at radius 1 is 1.06 bits per heavy atom. The fourth-order valence-corrected chi connectivity index (χ4v) is 3.61. The molecule has 6 nitrogen and oxygen atoms in total. The minimum Gasteiger partial charge on any atom is -0.497 e. The minimum absolute atomic E-state index is 0.210. The van der Waals surface area contributed by atoms with Crippen molar-refractivity contribution in [2.24, 2.45) is 0 Å². The first-order valence-corrected chi connectivity index (χ1v) is 10.4. The molecule has 3 rings (SSSR count). The van der Waals surface area contributed by atoms with E-state index in [4.69, 9.17) is 4.74 Å². The van der Waals surface area contributed by atoms with Crippen molar-refractivity contribution in [2.75, 3.05) is 5.32 Å². The van der Waals surface area contributed by atoms with Gasteiger partial charge in [0.15, 0.2) is 19.4 Å². The molecule has 3 aromatic rings. The quantitative estimate of drug-likeness (QED) is 0.410. The van der Waals surface area contributed by atoms with Crippen molar-refractivity contribution in [3.63, 3.8) is 0 Å². The first-order valence-electron chi connectivity index (χ1n) is 10.4. The van der Waals surface area contributed by atoms with Gasteiger partial charge in [-0.1, -0.05) is 10.2 Å². The zero-order chi connectivity index (χ0) is 23.0. The summed E-state index contributed by atoms with van der Waals surface area (Å²) in [6.45, 7) is 1.91. The maximum Gasteiger partial charge on any atom is 0.247 e. The molecule has 0 spiro atoms. The maximum absolute atomic E-state index is 15.5. The third-order valence-corrected chi connectivity index (χ3v) is 6.01. The van der Waals surface area contributed by atoms with Crippen molar-refractivity contribution in [3.8, 4) is 11.4 Å². The summed E-state index contributed by atoms with van der Waals surface area (Å²) in [4.78, 5) is 8.33. The smallest absolute Gasteiger partial charge is 0.247 e. The van der Waals surface area contributed by atoms with Gasteiger partial charge in [-0.05, 0) is 36.8 Å². The lowest BCUT2D eigenvalue weighted by Gasteiger charge is -2.52. The normalized spacial score (nSPS) is 12.5. The van der Waals surface area contributed by atoms with Crippen molar-refractivity contribution in [1.29, 1.82) is 0 Å². The number of anilines is 2.